The van der Waals surface area contributed by atoms with Gasteiger partial charge in [0.1, 0.15) is 13.2 Å². The van der Waals surface area contributed by atoms with E-state index in [1.807, 2.05) is 91.8 Å². The predicted molar refractivity (Wildman–Crippen MR) is 319 cm³/mol. The first-order chi connectivity index (χ1) is 40.7. The van der Waals surface area contributed by atoms with Crippen molar-refractivity contribution < 1.29 is 49.2 Å². The van der Waals surface area contributed by atoms with Crippen molar-refractivity contribution in [3.8, 4) is 34.3 Å². The number of hydrogen-bond acceptors (Lipinski definition) is 13. The maximum absolute atomic E-state index is 14.3. The van der Waals surface area contributed by atoms with Gasteiger partial charge in [-0.1, -0.05) is 76.2 Å². The molecule has 4 atom stereocenters. The molecule has 0 radical (unpaired) electrons. The standard InChI is InChI=1S/C31H38N4O5S.C31H36N4O4S.ClH/c1-19(2)13-23(32-24-16-31(17-24)11-12-31)18-40-27-15-26(28-20(3)7-5-8-21(28)4)33-30(34-27)35-41(38,39)25-10-6-9-22(14-25)29(36)37;1-19(2)13-23-18-39-27-15-26(28-20(3)7-5-8-21(28)4)32-30(33-27)34-40(37,38)25-10-6-9-22(14-25)29(36)35(23)24-16-31(17-24)11-12-31;/h5-10,14-15,19,23-24,32H,11-13,16-18H2,1-4H3,(H,36,37)(H,33,34,35);5-10,14-15,19,23-24H,11-13,16-18H2,1-4H3,(H,32,33,34);1H/t2*23-;/m11./s1/i2*16D2,24D;/t2*23-,24?;. The third kappa shape index (κ3) is 13.7. The number of aryl methyl sites for hydroxylation is 4. The number of fused-ring (bicyclic) bond motifs is 4. The molecule has 20 heteroatoms. The van der Waals surface area contributed by atoms with Crippen molar-refractivity contribution in [2.75, 3.05) is 22.7 Å². The second-order valence-electron chi connectivity index (χ2n) is 23.1. The quantitative estimate of drug-likeness (QED) is 0.0706. The number of aromatic carboxylic acids is 1. The van der Waals surface area contributed by atoms with E-state index in [2.05, 4.69) is 34.7 Å². The number of nitrogens with one attached hydrogen (secondary N) is 3. The largest absolute Gasteiger partial charge is 0.478 e. The van der Waals surface area contributed by atoms with Gasteiger partial charge in [-0.3, -0.25) is 4.79 Å². The molecule has 0 saturated heterocycles. The Morgan fingerprint density at radius 3 is 2.05 bits per heavy atom. The molecule has 4 saturated carbocycles. The van der Waals surface area contributed by atoms with Crippen LogP contribution in [0.4, 0.5) is 11.9 Å². The van der Waals surface area contributed by atoms with Crippen molar-refractivity contribution in [2.24, 2.45) is 22.7 Å². The molecule has 4 aliphatic carbocycles. The Kier molecular flexibility index (Phi) is 15.2. The van der Waals surface area contributed by atoms with Crippen LogP contribution in [0.5, 0.6) is 11.8 Å². The van der Waals surface area contributed by atoms with Gasteiger partial charge in [-0.15, -0.1) is 12.4 Å². The summed E-state index contributed by atoms with van der Waals surface area (Å²) in [4.78, 5) is 44.4. The smallest absolute Gasteiger partial charge is 0.335 e. The van der Waals surface area contributed by atoms with E-state index >= 15 is 0 Å². The number of anilines is 2. The van der Waals surface area contributed by atoms with Gasteiger partial charge in [-0.25, -0.2) is 41.0 Å². The summed E-state index contributed by atoms with van der Waals surface area (Å²) in [7, 11) is -8.50. The average molecular weight is 1180 g/mol. The lowest BCUT2D eigenvalue weighted by molar-refractivity contribution is 0.00917. The van der Waals surface area contributed by atoms with Crippen LogP contribution in [-0.4, -0.2) is 96.0 Å². The highest BCUT2D eigenvalue weighted by molar-refractivity contribution is 7.93. The molecule has 4 bridgehead atoms. The highest BCUT2D eigenvalue weighted by Crippen LogP contribution is 2.62. The van der Waals surface area contributed by atoms with Crippen LogP contribution in [0.3, 0.4) is 0 Å². The van der Waals surface area contributed by atoms with Gasteiger partial charge in [0, 0.05) is 53.8 Å². The Morgan fingerprint density at radius 2 is 1.45 bits per heavy atom. The molecule has 2 aromatic heterocycles. The van der Waals surface area contributed by atoms with Crippen molar-refractivity contribution >= 4 is 56.2 Å². The predicted octanol–water partition coefficient (Wildman–Crippen LogP) is 11.8. The number of sulfonamides is 2. The zero-order valence-electron chi connectivity index (χ0n) is 53.3. The zero-order chi connectivity index (χ0) is 63.0. The van der Waals surface area contributed by atoms with Crippen LogP contribution >= 0.6 is 12.4 Å². The summed E-state index contributed by atoms with van der Waals surface area (Å²) in [6.45, 7) is 15.8. The SMILES string of the molecule is Cl.[2H]C1(N2C(=O)c3cccc(c3)S(=O)(=O)Nc3nc(cc(-c4c(C)cccc4C)n3)OC[C@H]2CC(C)C)CC2(CC2)C1([2H])[2H].[2H]C1(N[C@@H](COc2cc(-c3c(C)cccc3C)nc(NS(=O)(=O)c3cccc(C(=O)O)c3)n2)CC(C)C)CC2(CC2)C1([2H])[2H]. The van der Waals surface area contributed by atoms with Crippen molar-refractivity contribution in [2.45, 2.75) is 153 Å². The van der Waals surface area contributed by atoms with Gasteiger partial charge < -0.3 is 24.8 Å². The number of benzene rings is 4. The summed E-state index contributed by atoms with van der Waals surface area (Å²) >= 11 is 0. The van der Waals surface area contributed by atoms with Gasteiger partial charge in [-0.2, -0.15) is 9.97 Å². The molecule has 5 aliphatic rings. The van der Waals surface area contributed by atoms with Gasteiger partial charge in [0.25, 0.3) is 26.0 Å². The van der Waals surface area contributed by atoms with Gasteiger partial charge in [0.05, 0.1) is 34.2 Å². The van der Waals surface area contributed by atoms with Gasteiger partial charge in [0.2, 0.25) is 23.7 Å². The number of carbonyl (C=O) groups excluding carboxylic acids is 1. The van der Waals surface area contributed by atoms with Crippen LogP contribution in [-0.2, 0) is 20.0 Å². The second-order valence-corrected chi connectivity index (χ2v) is 26.4. The molecule has 4 N–H and O–H groups in total. The Bertz CT molecular complexity index is 3890. The highest BCUT2D eigenvalue weighted by atomic mass is 35.5. The lowest BCUT2D eigenvalue weighted by Gasteiger charge is -2.47. The second kappa shape index (κ2) is 23.9. The Labute approximate surface area is 496 Å². The minimum atomic E-state index is -4.26. The first-order valence-corrected chi connectivity index (χ1v) is 30.5. The van der Waals surface area contributed by atoms with Crippen LogP contribution in [0.2, 0.25) is 0 Å². The van der Waals surface area contributed by atoms with Crippen molar-refractivity contribution in [3.05, 3.63) is 130 Å². The number of carboxylic acids is 1. The van der Waals surface area contributed by atoms with Crippen molar-refractivity contribution in [1.82, 2.24) is 30.2 Å². The van der Waals surface area contributed by atoms with E-state index < -0.39 is 73.6 Å². The molecular formula is C62H75ClN8O9S2. The third-order valence-corrected chi connectivity index (χ3v) is 17.9. The number of carboxylic acid groups (broad SMARTS) is 1. The number of rotatable bonds is 16. The minimum Gasteiger partial charge on any atom is -0.478 e. The summed E-state index contributed by atoms with van der Waals surface area (Å²) in [5, 5.41) is 12.6. The Morgan fingerprint density at radius 1 is 0.829 bits per heavy atom. The maximum Gasteiger partial charge on any atom is 0.335 e. The first kappa shape index (κ1) is 52.2. The fourth-order valence-corrected chi connectivity index (χ4v) is 12.9. The van der Waals surface area contributed by atoms with E-state index in [1.54, 1.807) is 12.1 Å². The zero-order valence-corrected chi connectivity index (χ0v) is 49.7. The van der Waals surface area contributed by atoms with Crippen LogP contribution in [0.1, 0.15) is 143 Å². The average Bonchev–Trinajstić information content (AvgIpc) is 1.47. The van der Waals surface area contributed by atoms with Crippen LogP contribution < -0.4 is 24.2 Å². The molecular weight excluding hydrogens is 1100 g/mol. The molecule has 82 heavy (non-hydrogen) atoms. The van der Waals surface area contributed by atoms with Crippen LogP contribution in [0.15, 0.2) is 107 Å². The van der Waals surface area contributed by atoms with Crippen LogP contribution in [0.25, 0.3) is 22.5 Å². The summed E-state index contributed by atoms with van der Waals surface area (Å²) in [6, 6.07) is 21.1. The Balaban J connectivity index is 0.000000207. The molecule has 2 spiro atoms. The van der Waals surface area contributed by atoms with E-state index in [4.69, 9.17) is 16.3 Å². The number of carbonyl (C=O) groups is 2. The Hall–Kier alpha value is -6.67. The topological polar surface area (TPSA) is 232 Å². The van der Waals surface area contributed by atoms with Gasteiger partial charge in [0.15, 0.2) is 0 Å². The molecule has 17 nitrogen and oxygen atoms in total. The molecule has 6 aromatic rings. The number of halogens is 1. The van der Waals surface area contributed by atoms with E-state index in [-0.39, 0.29) is 94.5 Å². The van der Waals surface area contributed by atoms with Crippen molar-refractivity contribution in [1.29, 1.82) is 0 Å². The maximum atomic E-state index is 14.3. The molecule has 436 valence electrons. The highest BCUT2D eigenvalue weighted by Gasteiger charge is 2.56. The third-order valence-electron chi connectivity index (χ3n) is 15.3. The van der Waals surface area contributed by atoms with E-state index in [1.165, 1.54) is 47.4 Å². The van der Waals surface area contributed by atoms with Gasteiger partial charge in [-0.05, 0) is 173 Å². The number of ether oxygens (including phenoxy) is 2. The summed E-state index contributed by atoms with van der Waals surface area (Å²) in [5.41, 5.74) is 5.09. The summed E-state index contributed by atoms with van der Waals surface area (Å²) in [5.74, 6) is -1.76. The van der Waals surface area contributed by atoms with Crippen molar-refractivity contribution in [3.63, 3.8) is 0 Å². The number of amides is 1. The van der Waals surface area contributed by atoms with E-state index in [0.29, 0.717) is 43.5 Å². The minimum absolute atomic E-state index is 0. The fourth-order valence-electron chi connectivity index (χ4n) is 10.9. The molecule has 1 aliphatic heterocycles. The lowest BCUT2D eigenvalue weighted by atomic mass is 9.75. The lowest BCUT2D eigenvalue weighted by Crippen LogP contribution is -2.55. The van der Waals surface area contributed by atoms with Gasteiger partial charge >= 0.3 is 5.97 Å². The van der Waals surface area contributed by atoms with Crippen LogP contribution in [0, 0.1) is 50.4 Å². The normalized spacial score (nSPS) is 24.3. The molecule has 3 heterocycles. The summed E-state index contributed by atoms with van der Waals surface area (Å²) in [6.07, 6.45) is 1.08. The number of hydrogen-bond donors (Lipinski definition) is 4. The molecule has 4 fully saturated rings. The summed E-state index contributed by atoms with van der Waals surface area (Å²) < 4.78 is 124. The first-order valence-electron chi connectivity index (χ1n) is 30.5. The molecule has 11 rings (SSSR count). The van der Waals surface area contributed by atoms with E-state index in [9.17, 15) is 32.9 Å². The fraction of sp³-hybridized carbons (Fsp3) is 0.452. The van der Waals surface area contributed by atoms with E-state index in [0.717, 1.165) is 52.3 Å². The monoisotopic (exact) mass is 1180 g/mol. The number of aromatic nitrogens is 4. The number of nitrogens with zero attached hydrogens (tertiary/aromatic N) is 5. The molecule has 4 aromatic carbocycles. The molecule has 2 unspecified atom stereocenters. The molecule has 1 amide bonds.